The Hall–Kier alpha value is -3.33. The van der Waals surface area contributed by atoms with Gasteiger partial charge in [-0.25, -0.2) is 0 Å². The third-order valence-electron chi connectivity index (χ3n) is 5.91. The Morgan fingerprint density at radius 1 is 0.971 bits per heavy atom. The molecule has 2 aromatic carbocycles. The third kappa shape index (κ3) is 5.59. The van der Waals surface area contributed by atoms with Crippen molar-refractivity contribution in [3.8, 4) is 0 Å². The number of carbonyl (C=O) groups is 2. The molecule has 2 heterocycles. The zero-order valence-electron chi connectivity index (χ0n) is 19.6. The highest BCUT2D eigenvalue weighted by atomic mass is 32.2. The molecular formula is C25H30N6O2S. The van der Waals surface area contributed by atoms with Gasteiger partial charge in [0.25, 0.3) is 5.91 Å². The number of amides is 2. The van der Waals surface area contributed by atoms with Crippen LogP contribution in [0.1, 0.15) is 36.1 Å². The molecule has 1 aliphatic heterocycles. The molecule has 0 unspecified atom stereocenters. The van der Waals surface area contributed by atoms with E-state index in [1.165, 1.54) is 17.4 Å². The summed E-state index contributed by atoms with van der Waals surface area (Å²) in [5.41, 5.74) is 1.80. The first kappa shape index (κ1) is 23.8. The monoisotopic (exact) mass is 478 g/mol. The van der Waals surface area contributed by atoms with Gasteiger partial charge in [0.1, 0.15) is 0 Å². The van der Waals surface area contributed by atoms with Gasteiger partial charge in [-0.1, -0.05) is 48.2 Å². The topological polar surface area (TPSA) is 83.4 Å². The summed E-state index contributed by atoms with van der Waals surface area (Å²) in [4.78, 5) is 29.6. The summed E-state index contributed by atoms with van der Waals surface area (Å²) in [5, 5.41) is 12.3. The number of piperazine rings is 1. The number of hydrogen-bond donors (Lipinski definition) is 1. The molecule has 1 fully saturated rings. The quantitative estimate of drug-likeness (QED) is 0.501. The fourth-order valence-electron chi connectivity index (χ4n) is 4.03. The van der Waals surface area contributed by atoms with E-state index in [-0.39, 0.29) is 17.9 Å². The highest BCUT2D eigenvalue weighted by Crippen LogP contribution is 2.22. The van der Waals surface area contributed by atoms with Crippen molar-refractivity contribution in [2.24, 2.45) is 0 Å². The Bertz CT molecular complexity index is 1100. The lowest BCUT2D eigenvalue weighted by atomic mass is 10.2. The van der Waals surface area contributed by atoms with Crippen molar-refractivity contribution in [3.05, 3.63) is 72.1 Å². The van der Waals surface area contributed by atoms with E-state index in [1.807, 2.05) is 59.7 Å². The van der Waals surface area contributed by atoms with Crippen molar-refractivity contribution in [2.45, 2.75) is 31.6 Å². The van der Waals surface area contributed by atoms with Gasteiger partial charge in [0, 0.05) is 44.0 Å². The molecule has 0 radical (unpaired) electrons. The van der Waals surface area contributed by atoms with E-state index in [9.17, 15) is 9.59 Å². The van der Waals surface area contributed by atoms with E-state index in [4.69, 9.17) is 0 Å². The van der Waals surface area contributed by atoms with Gasteiger partial charge in [0.2, 0.25) is 5.91 Å². The van der Waals surface area contributed by atoms with Crippen LogP contribution in [0.25, 0.3) is 0 Å². The minimum atomic E-state index is -0.309. The predicted octanol–water partition coefficient (Wildman–Crippen LogP) is 3.23. The molecule has 1 atom stereocenters. The molecule has 0 aliphatic carbocycles. The van der Waals surface area contributed by atoms with Gasteiger partial charge in [-0.15, -0.1) is 10.2 Å². The fourth-order valence-corrected chi connectivity index (χ4v) is 4.94. The number of benzene rings is 2. The second-order valence-electron chi connectivity index (χ2n) is 8.14. The van der Waals surface area contributed by atoms with E-state index in [0.29, 0.717) is 41.9 Å². The molecule has 4 rings (SSSR count). The number of para-hydroxylation sites is 1. The van der Waals surface area contributed by atoms with Crippen LogP contribution in [0.5, 0.6) is 0 Å². The molecule has 1 N–H and O–H groups in total. The number of nitrogens with zero attached hydrogens (tertiary/aromatic N) is 5. The number of aromatic nitrogens is 3. The van der Waals surface area contributed by atoms with E-state index < -0.39 is 0 Å². The Balaban J connectivity index is 1.31. The van der Waals surface area contributed by atoms with Gasteiger partial charge in [-0.2, -0.15) is 0 Å². The van der Waals surface area contributed by atoms with E-state index >= 15 is 0 Å². The van der Waals surface area contributed by atoms with Crippen molar-refractivity contribution in [1.82, 2.24) is 25.0 Å². The van der Waals surface area contributed by atoms with Crippen molar-refractivity contribution in [3.63, 3.8) is 0 Å². The first-order valence-corrected chi connectivity index (χ1v) is 12.5. The van der Waals surface area contributed by atoms with Gasteiger partial charge in [-0.3, -0.25) is 9.59 Å². The second kappa shape index (κ2) is 11.2. The van der Waals surface area contributed by atoms with Crippen molar-refractivity contribution < 1.29 is 9.59 Å². The minimum absolute atomic E-state index is 0.107. The summed E-state index contributed by atoms with van der Waals surface area (Å²) < 4.78 is 1.96. The summed E-state index contributed by atoms with van der Waals surface area (Å²) >= 11 is 1.40. The number of rotatable bonds is 8. The Kier molecular flexibility index (Phi) is 7.84. The number of thioether (sulfide) groups is 1. The third-order valence-corrected chi connectivity index (χ3v) is 6.86. The molecule has 178 valence electrons. The van der Waals surface area contributed by atoms with Crippen LogP contribution >= 0.6 is 11.8 Å². The maximum Gasteiger partial charge on any atom is 0.251 e. The van der Waals surface area contributed by atoms with Gasteiger partial charge >= 0.3 is 0 Å². The number of carbonyl (C=O) groups excluding carboxylic acids is 2. The summed E-state index contributed by atoms with van der Waals surface area (Å²) in [6.07, 6.45) is 0. The summed E-state index contributed by atoms with van der Waals surface area (Å²) in [7, 11) is 0. The van der Waals surface area contributed by atoms with Gasteiger partial charge in [0.05, 0.1) is 11.8 Å². The molecule has 34 heavy (non-hydrogen) atoms. The smallest absolute Gasteiger partial charge is 0.251 e. The molecular weight excluding hydrogens is 448 g/mol. The van der Waals surface area contributed by atoms with Crippen LogP contribution in [0.2, 0.25) is 0 Å². The molecule has 9 heteroatoms. The normalized spacial score (nSPS) is 14.6. The van der Waals surface area contributed by atoms with Crippen molar-refractivity contribution in [2.75, 3.05) is 36.8 Å². The molecule has 0 saturated carbocycles. The standard InChI is InChI=1S/C25H30N6O2S/c1-3-31-23(19(2)26-24(33)20-10-6-4-7-11-20)27-28-25(31)34-18-22(32)30-16-14-29(15-17-30)21-12-8-5-9-13-21/h4-13,19H,3,14-18H2,1-2H3,(H,26,33)/t19-/m1/s1. The lowest BCUT2D eigenvalue weighted by Crippen LogP contribution is -2.49. The van der Waals surface area contributed by atoms with Crippen LogP contribution in [-0.4, -0.2) is 63.4 Å². The van der Waals surface area contributed by atoms with Crippen molar-refractivity contribution in [1.29, 1.82) is 0 Å². The minimum Gasteiger partial charge on any atom is -0.368 e. The fraction of sp³-hybridized carbons (Fsp3) is 0.360. The molecule has 8 nitrogen and oxygen atoms in total. The highest BCUT2D eigenvalue weighted by molar-refractivity contribution is 7.99. The highest BCUT2D eigenvalue weighted by Gasteiger charge is 2.23. The molecule has 2 amide bonds. The summed E-state index contributed by atoms with van der Waals surface area (Å²) in [6.45, 7) is 7.63. The lowest BCUT2D eigenvalue weighted by Gasteiger charge is -2.36. The number of anilines is 1. The maximum absolute atomic E-state index is 12.8. The lowest BCUT2D eigenvalue weighted by molar-refractivity contribution is -0.128. The molecule has 3 aromatic rings. The Morgan fingerprint density at radius 3 is 2.26 bits per heavy atom. The van der Waals surface area contributed by atoms with Crippen LogP contribution < -0.4 is 10.2 Å². The van der Waals surface area contributed by atoms with Crippen LogP contribution in [0.15, 0.2) is 65.8 Å². The SMILES string of the molecule is CCn1c(SCC(=O)N2CCN(c3ccccc3)CC2)nnc1[C@@H](C)NC(=O)c1ccccc1. The average Bonchev–Trinajstić information content (AvgIpc) is 3.31. The molecule has 0 bridgehead atoms. The van der Waals surface area contributed by atoms with E-state index in [0.717, 1.165) is 13.1 Å². The van der Waals surface area contributed by atoms with E-state index in [2.05, 4.69) is 32.5 Å². The second-order valence-corrected chi connectivity index (χ2v) is 9.08. The molecule has 1 aliphatic rings. The largest absolute Gasteiger partial charge is 0.368 e. The van der Waals surface area contributed by atoms with Gasteiger partial charge in [-0.05, 0) is 38.1 Å². The van der Waals surface area contributed by atoms with Crippen LogP contribution in [0, 0.1) is 0 Å². The van der Waals surface area contributed by atoms with Gasteiger partial charge in [0.15, 0.2) is 11.0 Å². The first-order valence-electron chi connectivity index (χ1n) is 11.6. The zero-order chi connectivity index (χ0) is 23.9. The Morgan fingerprint density at radius 2 is 1.62 bits per heavy atom. The Labute approximate surface area is 204 Å². The maximum atomic E-state index is 12.8. The zero-order valence-corrected chi connectivity index (χ0v) is 20.4. The molecule has 1 aromatic heterocycles. The molecule has 0 spiro atoms. The first-order chi connectivity index (χ1) is 16.6. The van der Waals surface area contributed by atoms with Crippen LogP contribution in [0.4, 0.5) is 5.69 Å². The predicted molar refractivity (Wildman–Crippen MR) is 134 cm³/mol. The van der Waals surface area contributed by atoms with E-state index in [1.54, 1.807) is 12.1 Å². The van der Waals surface area contributed by atoms with Crippen LogP contribution in [-0.2, 0) is 11.3 Å². The number of nitrogens with one attached hydrogen (secondary N) is 1. The van der Waals surface area contributed by atoms with Crippen molar-refractivity contribution >= 4 is 29.3 Å². The number of hydrogen-bond acceptors (Lipinski definition) is 6. The summed E-state index contributed by atoms with van der Waals surface area (Å²) in [6, 6.07) is 19.1. The van der Waals surface area contributed by atoms with Gasteiger partial charge < -0.3 is 19.7 Å². The van der Waals surface area contributed by atoms with Crippen LogP contribution in [0.3, 0.4) is 0 Å². The summed E-state index contributed by atoms with van der Waals surface area (Å²) in [5.74, 6) is 0.945. The molecule has 1 saturated heterocycles. The average molecular weight is 479 g/mol.